The van der Waals surface area contributed by atoms with E-state index in [1.54, 1.807) is 0 Å². The number of amides is 2. The molecule has 1 aliphatic rings. The summed E-state index contributed by atoms with van der Waals surface area (Å²) in [6, 6.07) is 17.3. The summed E-state index contributed by atoms with van der Waals surface area (Å²) in [4.78, 5) is 14.3. The van der Waals surface area contributed by atoms with Crippen molar-refractivity contribution in [2.75, 3.05) is 19.6 Å². The molecule has 178 valence electrons. The number of benzene rings is 3. The Hall–Kier alpha value is -3.52. The molecule has 0 aromatic heterocycles. The molecule has 8 heteroatoms. The maximum absolute atomic E-state index is 13.9. The number of carbonyl (C=O) groups excluding carboxylic acids is 1. The lowest BCUT2D eigenvalue weighted by atomic mass is 9.96. The number of nitrogens with one attached hydrogen (secondary N) is 4. The molecular weight excluding hydrogens is 436 g/mol. The molecule has 0 radical (unpaired) electrons. The molecule has 1 saturated heterocycles. The van der Waals surface area contributed by atoms with Crippen LogP contribution in [0.25, 0.3) is 10.8 Å². The molecular formula is C26H29F2N5O. The topological polar surface area (TPSA) is 80.2 Å². The summed E-state index contributed by atoms with van der Waals surface area (Å²) in [5.41, 5.74) is 1.55. The largest absolute Gasteiger partial charge is 0.352 e. The van der Waals surface area contributed by atoms with Gasteiger partial charge < -0.3 is 10.6 Å². The second kappa shape index (κ2) is 11.1. The van der Waals surface area contributed by atoms with Crippen molar-refractivity contribution >= 4 is 22.8 Å². The molecule has 2 amide bonds. The monoisotopic (exact) mass is 465 g/mol. The number of likely N-dealkylation sites (tertiary alicyclic amines) is 1. The van der Waals surface area contributed by atoms with Gasteiger partial charge in [-0.2, -0.15) is 0 Å². The van der Waals surface area contributed by atoms with Crippen LogP contribution < -0.4 is 16.0 Å². The van der Waals surface area contributed by atoms with E-state index in [0.717, 1.165) is 48.3 Å². The van der Waals surface area contributed by atoms with E-state index in [1.165, 1.54) is 12.1 Å². The van der Waals surface area contributed by atoms with Gasteiger partial charge in [-0.25, -0.2) is 13.6 Å². The first-order valence-electron chi connectivity index (χ1n) is 11.5. The highest BCUT2D eigenvalue weighted by Crippen LogP contribution is 2.20. The van der Waals surface area contributed by atoms with Gasteiger partial charge in [0.05, 0.1) is 0 Å². The van der Waals surface area contributed by atoms with E-state index in [0.29, 0.717) is 31.1 Å². The minimum absolute atomic E-state index is 0.0541. The third-order valence-electron chi connectivity index (χ3n) is 6.24. The van der Waals surface area contributed by atoms with Gasteiger partial charge in [-0.1, -0.05) is 48.5 Å². The second-order valence-electron chi connectivity index (χ2n) is 8.66. The number of rotatable bonds is 6. The van der Waals surface area contributed by atoms with Crippen LogP contribution in [0.3, 0.4) is 0 Å². The molecule has 34 heavy (non-hydrogen) atoms. The van der Waals surface area contributed by atoms with Crippen molar-refractivity contribution in [1.29, 1.82) is 5.41 Å². The zero-order chi connectivity index (χ0) is 23.9. The van der Waals surface area contributed by atoms with Crippen molar-refractivity contribution in [2.45, 2.75) is 25.9 Å². The SMILES string of the molecule is N=C(NCc1cccc2ccccc12)NC(=O)NCC1CCN(Cc2ccc(F)cc2F)CC1. The summed E-state index contributed by atoms with van der Waals surface area (Å²) < 4.78 is 26.9. The smallest absolute Gasteiger partial charge is 0.321 e. The predicted octanol–water partition coefficient (Wildman–Crippen LogP) is 4.35. The fourth-order valence-electron chi connectivity index (χ4n) is 4.31. The van der Waals surface area contributed by atoms with Crippen LogP contribution in [-0.4, -0.2) is 36.5 Å². The lowest BCUT2D eigenvalue weighted by Gasteiger charge is -2.32. The molecule has 0 aliphatic carbocycles. The highest BCUT2D eigenvalue weighted by molar-refractivity contribution is 5.94. The van der Waals surface area contributed by atoms with Gasteiger partial charge in [0.1, 0.15) is 11.6 Å². The second-order valence-corrected chi connectivity index (χ2v) is 8.66. The van der Waals surface area contributed by atoms with Gasteiger partial charge in [0.25, 0.3) is 0 Å². The fourth-order valence-corrected chi connectivity index (χ4v) is 4.31. The lowest BCUT2D eigenvalue weighted by molar-refractivity contribution is 0.173. The van der Waals surface area contributed by atoms with E-state index in [9.17, 15) is 13.6 Å². The first kappa shape index (κ1) is 23.6. The first-order valence-corrected chi connectivity index (χ1v) is 11.5. The molecule has 0 bridgehead atoms. The van der Waals surface area contributed by atoms with Crippen molar-refractivity contribution in [2.24, 2.45) is 5.92 Å². The molecule has 0 unspecified atom stereocenters. The standard InChI is InChI=1S/C26H29F2N5O/c27-22-9-8-21(24(28)14-22)17-33-12-10-18(11-13-33)15-31-26(34)32-25(29)30-16-20-6-3-5-19-4-1-2-7-23(19)20/h1-9,14,18H,10-13,15-17H2,(H4,29,30,31,32,34). The Kier molecular flexibility index (Phi) is 7.69. The van der Waals surface area contributed by atoms with Crippen molar-refractivity contribution in [1.82, 2.24) is 20.9 Å². The van der Waals surface area contributed by atoms with Crippen LogP contribution in [0.2, 0.25) is 0 Å². The Morgan fingerprint density at radius 2 is 1.74 bits per heavy atom. The van der Waals surface area contributed by atoms with E-state index in [2.05, 4.69) is 20.9 Å². The van der Waals surface area contributed by atoms with Gasteiger partial charge in [-0.05, 0) is 54.3 Å². The quantitative estimate of drug-likeness (QED) is 0.323. The molecule has 3 aromatic rings. The van der Waals surface area contributed by atoms with E-state index < -0.39 is 17.7 Å². The van der Waals surface area contributed by atoms with Crippen molar-refractivity contribution in [3.63, 3.8) is 0 Å². The third kappa shape index (κ3) is 6.29. The number of halogens is 2. The highest BCUT2D eigenvalue weighted by atomic mass is 19.1. The Balaban J connectivity index is 1.15. The van der Waals surface area contributed by atoms with E-state index in [-0.39, 0.29) is 5.96 Å². The third-order valence-corrected chi connectivity index (χ3v) is 6.24. The number of hydrogen-bond donors (Lipinski definition) is 4. The van der Waals surface area contributed by atoms with Crippen LogP contribution in [0, 0.1) is 23.0 Å². The van der Waals surface area contributed by atoms with E-state index in [4.69, 9.17) is 5.41 Å². The summed E-state index contributed by atoms with van der Waals surface area (Å²) in [5, 5.41) is 18.6. The molecule has 1 heterocycles. The molecule has 0 saturated carbocycles. The van der Waals surface area contributed by atoms with E-state index >= 15 is 0 Å². The van der Waals surface area contributed by atoms with Crippen molar-refractivity contribution < 1.29 is 13.6 Å². The lowest BCUT2D eigenvalue weighted by Crippen LogP contribution is -2.47. The normalized spacial score (nSPS) is 14.6. The zero-order valence-electron chi connectivity index (χ0n) is 18.9. The van der Waals surface area contributed by atoms with Crippen LogP contribution >= 0.6 is 0 Å². The Morgan fingerprint density at radius 3 is 2.53 bits per heavy atom. The molecule has 0 atom stereocenters. The Morgan fingerprint density at radius 1 is 0.971 bits per heavy atom. The summed E-state index contributed by atoms with van der Waals surface area (Å²) in [5.74, 6) is -0.822. The van der Waals surface area contributed by atoms with Gasteiger partial charge >= 0.3 is 6.03 Å². The zero-order valence-corrected chi connectivity index (χ0v) is 18.9. The molecule has 4 rings (SSSR count). The Bertz CT molecular complexity index is 1160. The summed E-state index contributed by atoms with van der Waals surface area (Å²) in [6.07, 6.45) is 1.75. The molecule has 6 nitrogen and oxygen atoms in total. The van der Waals surface area contributed by atoms with Crippen molar-refractivity contribution in [3.05, 3.63) is 83.4 Å². The average Bonchev–Trinajstić information content (AvgIpc) is 2.84. The molecule has 0 spiro atoms. The van der Waals surface area contributed by atoms with Crippen LogP contribution in [0.4, 0.5) is 13.6 Å². The average molecular weight is 466 g/mol. The van der Waals surface area contributed by atoms with Gasteiger partial charge in [0, 0.05) is 31.3 Å². The van der Waals surface area contributed by atoms with Gasteiger partial charge in [0.15, 0.2) is 5.96 Å². The highest BCUT2D eigenvalue weighted by Gasteiger charge is 2.21. The first-order chi connectivity index (χ1) is 16.5. The van der Waals surface area contributed by atoms with Crippen LogP contribution in [0.15, 0.2) is 60.7 Å². The number of nitrogens with zero attached hydrogens (tertiary/aromatic N) is 1. The minimum Gasteiger partial charge on any atom is -0.352 e. The fraction of sp³-hybridized carbons (Fsp3) is 0.308. The van der Waals surface area contributed by atoms with Gasteiger partial charge in [-0.3, -0.25) is 15.6 Å². The number of carbonyl (C=O) groups is 1. The van der Waals surface area contributed by atoms with Crippen LogP contribution in [0.1, 0.15) is 24.0 Å². The maximum atomic E-state index is 13.9. The van der Waals surface area contributed by atoms with Crippen LogP contribution in [0.5, 0.6) is 0 Å². The summed E-state index contributed by atoms with van der Waals surface area (Å²) in [6.45, 7) is 2.97. The maximum Gasteiger partial charge on any atom is 0.321 e. The predicted molar refractivity (Wildman–Crippen MR) is 129 cm³/mol. The van der Waals surface area contributed by atoms with E-state index in [1.807, 2.05) is 42.5 Å². The molecule has 1 aliphatic heterocycles. The summed E-state index contributed by atoms with van der Waals surface area (Å²) >= 11 is 0. The number of fused-ring (bicyclic) bond motifs is 1. The molecule has 4 N–H and O–H groups in total. The van der Waals surface area contributed by atoms with Crippen molar-refractivity contribution in [3.8, 4) is 0 Å². The van der Waals surface area contributed by atoms with Gasteiger partial charge in [-0.15, -0.1) is 0 Å². The Labute approximate surface area is 197 Å². The van der Waals surface area contributed by atoms with Gasteiger partial charge in [0.2, 0.25) is 0 Å². The number of piperidine rings is 1. The number of guanidine groups is 1. The minimum atomic E-state index is -0.568. The number of urea groups is 1. The van der Waals surface area contributed by atoms with Crippen LogP contribution in [-0.2, 0) is 13.1 Å². The molecule has 3 aromatic carbocycles. The number of hydrogen-bond acceptors (Lipinski definition) is 3. The molecule has 1 fully saturated rings. The summed E-state index contributed by atoms with van der Waals surface area (Å²) in [7, 11) is 0.